The van der Waals surface area contributed by atoms with Crippen LogP contribution in [0.25, 0.3) is 0 Å². The minimum absolute atomic E-state index is 0.235. The van der Waals surface area contributed by atoms with E-state index >= 15 is 0 Å². The van der Waals surface area contributed by atoms with Crippen molar-refractivity contribution >= 4 is 5.91 Å². The first-order valence-corrected chi connectivity index (χ1v) is 6.95. The Labute approximate surface area is 104 Å². The largest absolute Gasteiger partial charge is 0.353 e. The number of hydrogen-bond acceptors (Lipinski definition) is 3. The van der Waals surface area contributed by atoms with Gasteiger partial charge in [0.2, 0.25) is 5.91 Å². The van der Waals surface area contributed by atoms with Gasteiger partial charge in [0, 0.05) is 18.5 Å². The van der Waals surface area contributed by atoms with Gasteiger partial charge in [-0.05, 0) is 52.4 Å². The molecule has 2 aliphatic rings. The molecule has 2 fully saturated rings. The highest BCUT2D eigenvalue weighted by Gasteiger charge is 2.21. The fourth-order valence-corrected chi connectivity index (χ4v) is 2.76. The highest BCUT2D eigenvalue weighted by molar-refractivity contribution is 5.76. The van der Waals surface area contributed by atoms with Crippen LogP contribution < -0.4 is 10.6 Å². The van der Waals surface area contributed by atoms with Crippen LogP contribution >= 0.6 is 0 Å². The zero-order chi connectivity index (χ0) is 12.1. The maximum absolute atomic E-state index is 11.9. The summed E-state index contributed by atoms with van der Waals surface area (Å²) < 4.78 is 0. The van der Waals surface area contributed by atoms with Crippen LogP contribution in [0.4, 0.5) is 0 Å². The molecule has 4 nitrogen and oxygen atoms in total. The fraction of sp³-hybridized carbons (Fsp3) is 0.923. The first-order valence-electron chi connectivity index (χ1n) is 6.95. The molecule has 2 N–H and O–H groups in total. The average Bonchev–Trinajstić information content (AvgIpc) is 2.33. The minimum atomic E-state index is 0.235. The number of amides is 1. The molecule has 2 rings (SSSR count). The molecule has 2 saturated heterocycles. The third-order valence-corrected chi connectivity index (χ3v) is 3.93. The number of nitrogens with zero attached hydrogens (tertiary/aromatic N) is 1. The number of hydrogen-bond donors (Lipinski definition) is 2. The second kappa shape index (κ2) is 6.36. The number of nitrogens with one attached hydrogen (secondary N) is 2. The van der Waals surface area contributed by atoms with Crippen molar-refractivity contribution in [3.63, 3.8) is 0 Å². The summed E-state index contributed by atoms with van der Waals surface area (Å²) in [7, 11) is 2.14. The molecule has 2 heterocycles. The van der Waals surface area contributed by atoms with Crippen LogP contribution in [0.1, 0.15) is 38.5 Å². The van der Waals surface area contributed by atoms with Crippen molar-refractivity contribution in [2.45, 2.75) is 50.6 Å². The number of carbonyl (C=O) groups excluding carboxylic acids is 1. The van der Waals surface area contributed by atoms with E-state index in [1.807, 2.05) is 0 Å². The predicted molar refractivity (Wildman–Crippen MR) is 68.9 cm³/mol. The third-order valence-electron chi connectivity index (χ3n) is 3.93. The number of carbonyl (C=O) groups is 1. The lowest BCUT2D eigenvalue weighted by Gasteiger charge is -2.30. The number of rotatable bonds is 3. The van der Waals surface area contributed by atoms with Crippen molar-refractivity contribution in [3.05, 3.63) is 0 Å². The molecular weight excluding hydrogens is 214 g/mol. The van der Waals surface area contributed by atoms with E-state index < -0.39 is 0 Å². The van der Waals surface area contributed by atoms with Gasteiger partial charge in [0.05, 0.1) is 0 Å². The Bertz CT molecular complexity index is 243. The zero-order valence-electron chi connectivity index (χ0n) is 10.9. The summed E-state index contributed by atoms with van der Waals surface area (Å²) in [6, 6.07) is 0.817. The van der Waals surface area contributed by atoms with Gasteiger partial charge in [0.1, 0.15) is 0 Å². The SMILES string of the molecule is CN1CCC(NC(=O)CC2CCCCN2)CC1. The summed E-state index contributed by atoms with van der Waals surface area (Å²) >= 11 is 0. The monoisotopic (exact) mass is 239 g/mol. The summed E-state index contributed by atoms with van der Waals surface area (Å²) in [6.07, 6.45) is 6.53. The van der Waals surface area contributed by atoms with E-state index in [9.17, 15) is 4.79 Å². The van der Waals surface area contributed by atoms with Crippen LogP contribution in [0.3, 0.4) is 0 Å². The van der Waals surface area contributed by atoms with Crippen molar-refractivity contribution in [2.24, 2.45) is 0 Å². The molecule has 0 saturated carbocycles. The lowest BCUT2D eigenvalue weighted by atomic mass is 10.0. The van der Waals surface area contributed by atoms with Gasteiger partial charge in [0.25, 0.3) is 0 Å². The van der Waals surface area contributed by atoms with Gasteiger partial charge in [-0.3, -0.25) is 4.79 Å². The van der Waals surface area contributed by atoms with E-state index in [1.165, 1.54) is 12.8 Å². The molecular formula is C13H25N3O. The second-order valence-electron chi connectivity index (χ2n) is 5.50. The van der Waals surface area contributed by atoms with Gasteiger partial charge < -0.3 is 15.5 Å². The minimum Gasteiger partial charge on any atom is -0.353 e. The van der Waals surface area contributed by atoms with Crippen LogP contribution in [0.2, 0.25) is 0 Å². The lowest BCUT2D eigenvalue weighted by molar-refractivity contribution is -0.122. The third kappa shape index (κ3) is 4.28. The summed E-state index contributed by atoms with van der Waals surface area (Å²) in [6.45, 7) is 3.28. The molecule has 2 aliphatic heterocycles. The average molecular weight is 239 g/mol. The summed E-state index contributed by atoms with van der Waals surface area (Å²) in [5.41, 5.74) is 0. The van der Waals surface area contributed by atoms with Crippen molar-refractivity contribution in [1.82, 2.24) is 15.5 Å². The Kier molecular flexibility index (Phi) is 4.80. The van der Waals surface area contributed by atoms with Crippen molar-refractivity contribution in [3.8, 4) is 0 Å². The molecule has 0 aromatic rings. The van der Waals surface area contributed by atoms with E-state index in [2.05, 4.69) is 22.6 Å². The predicted octanol–water partition coefficient (Wildman–Crippen LogP) is 0.729. The molecule has 0 spiro atoms. The summed E-state index contributed by atoms with van der Waals surface area (Å²) in [5.74, 6) is 0.235. The first-order chi connectivity index (χ1) is 8.24. The Morgan fingerprint density at radius 1 is 1.29 bits per heavy atom. The topological polar surface area (TPSA) is 44.4 Å². The zero-order valence-corrected chi connectivity index (χ0v) is 10.9. The van der Waals surface area contributed by atoms with Gasteiger partial charge in [-0.25, -0.2) is 0 Å². The molecule has 98 valence electrons. The fourth-order valence-electron chi connectivity index (χ4n) is 2.76. The van der Waals surface area contributed by atoms with Crippen molar-refractivity contribution in [2.75, 3.05) is 26.7 Å². The van der Waals surface area contributed by atoms with Crippen LogP contribution in [-0.4, -0.2) is 49.6 Å². The van der Waals surface area contributed by atoms with Crippen LogP contribution in [-0.2, 0) is 4.79 Å². The van der Waals surface area contributed by atoms with Crippen LogP contribution in [0.5, 0.6) is 0 Å². The smallest absolute Gasteiger partial charge is 0.221 e. The molecule has 0 aromatic heterocycles. The van der Waals surface area contributed by atoms with Crippen molar-refractivity contribution in [1.29, 1.82) is 0 Å². The van der Waals surface area contributed by atoms with E-state index in [-0.39, 0.29) is 5.91 Å². The molecule has 0 bridgehead atoms. The van der Waals surface area contributed by atoms with Gasteiger partial charge in [-0.1, -0.05) is 6.42 Å². The molecule has 0 aromatic carbocycles. The Hall–Kier alpha value is -0.610. The van der Waals surface area contributed by atoms with Crippen LogP contribution in [0, 0.1) is 0 Å². The molecule has 0 aliphatic carbocycles. The Balaban J connectivity index is 1.66. The number of likely N-dealkylation sites (tertiary alicyclic amines) is 1. The first kappa shape index (κ1) is 12.8. The van der Waals surface area contributed by atoms with E-state index in [0.29, 0.717) is 18.5 Å². The summed E-state index contributed by atoms with van der Waals surface area (Å²) in [4.78, 5) is 14.2. The molecule has 17 heavy (non-hydrogen) atoms. The highest BCUT2D eigenvalue weighted by Crippen LogP contribution is 2.12. The van der Waals surface area contributed by atoms with Gasteiger partial charge in [-0.15, -0.1) is 0 Å². The van der Waals surface area contributed by atoms with Gasteiger partial charge in [-0.2, -0.15) is 0 Å². The summed E-state index contributed by atoms with van der Waals surface area (Å²) in [5, 5.41) is 6.61. The molecule has 4 heteroatoms. The van der Waals surface area contributed by atoms with E-state index in [1.54, 1.807) is 0 Å². The van der Waals surface area contributed by atoms with Gasteiger partial charge >= 0.3 is 0 Å². The quantitative estimate of drug-likeness (QED) is 0.763. The highest BCUT2D eigenvalue weighted by atomic mass is 16.1. The normalized spacial score (nSPS) is 27.9. The lowest BCUT2D eigenvalue weighted by Crippen LogP contribution is -2.45. The molecule has 1 unspecified atom stereocenters. The van der Waals surface area contributed by atoms with Crippen molar-refractivity contribution < 1.29 is 4.79 Å². The Morgan fingerprint density at radius 2 is 2.06 bits per heavy atom. The standard InChI is InChI=1S/C13H25N3O/c1-16-8-5-11(6-9-16)15-13(17)10-12-4-2-3-7-14-12/h11-12,14H,2-10H2,1H3,(H,15,17). The maximum Gasteiger partial charge on any atom is 0.221 e. The van der Waals surface area contributed by atoms with E-state index in [0.717, 1.165) is 38.9 Å². The Morgan fingerprint density at radius 3 is 2.71 bits per heavy atom. The molecule has 0 radical (unpaired) electrons. The maximum atomic E-state index is 11.9. The van der Waals surface area contributed by atoms with E-state index in [4.69, 9.17) is 0 Å². The molecule has 1 amide bonds. The van der Waals surface area contributed by atoms with Gasteiger partial charge in [0.15, 0.2) is 0 Å². The number of piperidine rings is 2. The second-order valence-corrected chi connectivity index (χ2v) is 5.50. The van der Waals surface area contributed by atoms with Crippen LogP contribution in [0.15, 0.2) is 0 Å². The molecule has 1 atom stereocenters.